The second-order valence-corrected chi connectivity index (χ2v) is 7.64. The van der Waals surface area contributed by atoms with Crippen molar-refractivity contribution in [3.8, 4) is 11.8 Å². The largest absolute Gasteiger partial charge is 0.436 e. The van der Waals surface area contributed by atoms with Crippen molar-refractivity contribution in [3.05, 3.63) is 11.3 Å². The standard InChI is InChI=1S/C20H33N5O3/c1-6-7-9-15(11-12-26)23-17-16(14(2)22-18(21)24-17)10-8-13-28-19(27)25-20(3,4)5/h15,26H,6-7,9,11-13H2,1-5H3,(H,25,27)(H3,21,22,23,24)/t15-/m0/s1. The van der Waals surface area contributed by atoms with E-state index in [0.717, 1.165) is 19.3 Å². The highest BCUT2D eigenvalue weighted by Gasteiger charge is 2.15. The first-order chi connectivity index (χ1) is 13.2. The van der Waals surface area contributed by atoms with E-state index in [9.17, 15) is 9.90 Å². The molecule has 1 aromatic rings. The fourth-order valence-corrected chi connectivity index (χ4v) is 2.51. The molecule has 0 fully saturated rings. The lowest BCUT2D eigenvalue weighted by atomic mass is 10.1. The van der Waals surface area contributed by atoms with Crippen LogP contribution in [0.1, 0.15) is 64.6 Å². The van der Waals surface area contributed by atoms with E-state index in [4.69, 9.17) is 10.5 Å². The summed E-state index contributed by atoms with van der Waals surface area (Å²) in [4.78, 5) is 20.1. The first kappa shape index (κ1) is 23.5. The SMILES string of the molecule is CCCC[C@@H](CCO)Nc1nc(N)nc(C)c1C#CCOC(=O)NC(C)(C)C. The van der Waals surface area contributed by atoms with Gasteiger partial charge in [0.2, 0.25) is 5.95 Å². The van der Waals surface area contributed by atoms with E-state index in [1.165, 1.54) is 0 Å². The van der Waals surface area contributed by atoms with Gasteiger partial charge in [-0.25, -0.2) is 9.78 Å². The highest BCUT2D eigenvalue weighted by molar-refractivity contribution is 5.68. The lowest BCUT2D eigenvalue weighted by Crippen LogP contribution is -2.40. The third-order valence-electron chi connectivity index (χ3n) is 3.80. The summed E-state index contributed by atoms with van der Waals surface area (Å²) in [5.41, 5.74) is 6.67. The molecule has 1 heterocycles. The molecular weight excluding hydrogens is 358 g/mol. The average molecular weight is 392 g/mol. The molecule has 156 valence electrons. The molecule has 0 spiro atoms. The number of aryl methyl sites for hydroxylation is 1. The Morgan fingerprint density at radius 3 is 2.64 bits per heavy atom. The average Bonchev–Trinajstić information content (AvgIpc) is 2.56. The molecule has 1 aromatic heterocycles. The lowest BCUT2D eigenvalue weighted by molar-refractivity contribution is 0.151. The minimum Gasteiger partial charge on any atom is -0.436 e. The number of carbonyl (C=O) groups excluding carboxylic acids is 1. The number of nitrogens with one attached hydrogen (secondary N) is 2. The zero-order valence-corrected chi connectivity index (χ0v) is 17.6. The molecule has 5 N–H and O–H groups in total. The van der Waals surface area contributed by atoms with Gasteiger partial charge in [-0.15, -0.1) is 0 Å². The van der Waals surface area contributed by atoms with E-state index in [2.05, 4.69) is 39.4 Å². The minimum absolute atomic E-state index is 0.0545. The van der Waals surface area contributed by atoms with Crippen LogP contribution in [0.2, 0.25) is 0 Å². The highest BCUT2D eigenvalue weighted by Crippen LogP contribution is 2.19. The molecule has 1 atom stereocenters. The molecule has 0 aliphatic rings. The van der Waals surface area contributed by atoms with Crippen molar-refractivity contribution in [2.24, 2.45) is 0 Å². The number of hydrogen-bond acceptors (Lipinski definition) is 7. The number of aliphatic hydroxyl groups excluding tert-OH is 1. The van der Waals surface area contributed by atoms with Gasteiger partial charge in [-0.05, 0) is 40.5 Å². The van der Waals surface area contributed by atoms with E-state index >= 15 is 0 Å². The Hall–Kier alpha value is -2.53. The number of carbonyl (C=O) groups is 1. The summed E-state index contributed by atoms with van der Waals surface area (Å²) < 4.78 is 5.07. The number of amides is 1. The monoisotopic (exact) mass is 391 g/mol. The second kappa shape index (κ2) is 11.3. The first-order valence-electron chi connectivity index (χ1n) is 9.61. The zero-order chi connectivity index (χ0) is 21.2. The molecule has 8 nitrogen and oxygen atoms in total. The molecule has 0 radical (unpaired) electrons. The number of alkyl carbamates (subject to hydrolysis) is 1. The Morgan fingerprint density at radius 2 is 2.04 bits per heavy atom. The Balaban J connectivity index is 2.90. The summed E-state index contributed by atoms with van der Waals surface area (Å²) >= 11 is 0. The van der Waals surface area contributed by atoms with Crippen molar-refractivity contribution >= 4 is 17.9 Å². The molecule has 1 rings (SSSR count). The maximum atomic E-state index is 11.7. The van der Waals surface area contributed by atoms with Crippen LogP contribution in [0.5, 0.6) is 0 Å². The van der Waals surface area contributed by atoms with Gasteiger partial charge < -0.3 is 26.2 Å². The number of aromatic nitrogens is 2. The lowest BCUT2D eigenvalue weighted by Gasteiger charge is -2.20. The van der Waals surface area contributed by atoms with Crippen LogP contribution in [0.25, 0.3) is 0 Å². The molecule has 1 amide bonds. The summed E-state index contributed by atoms with van der Waals surface area (Å²) in [6.45, 7) is 9.56. The normalized spacial score (nSPS) is 11.9. The van der Waals surface area contributed by atoms with Gasteiger partial charge in [0.05, 0.1) is 11.3 Å². The smallest absolute Gasteiger partial charge is 0.408 e. The number of hydrogen-bond donors (Lipinski definition) is 4. The highest BCUT2D eigenvalue weighted by atomic mass is 16.5. The number of nitrogen functional groups attached to an aromatic ring is 1. The number of unbranched alkanes of at least 4 members (excludes halogenated alkanes) is 1. The molecule has 0 aliphatic heterocycles. The van der Waals surface area contributed by atoms with Gasteiger partial charge in [0, 0.05) is 18.2 Å². The molecule has 0 aliphatic carbocycles. The van der Waals surface area contributed by atoms with E-state index in [1.807, 2.05) is 20.8 Å². The number of anilines is 2. The number of ether oxygens (including phenoxy) is 1. The molecule has 8 heteroatoms. The van der Waals surface area contributed by atoms with Crippen molar-refractivity contribution in [1.29, 1.82) is 0 Å². The Bertz CT molecular complexity index is 704. The molecule has 28 heavy (non-hydrogen) atoms. The number of nitrogens with two attached hydrogens (primary N) is 1. The number of rotatable bonds is 8. The second-order valence-electron chi connectivity index (χ2n) is 7.64. The topological polar surface area (TPSA) is 122 Å². The predicted octanol–water partition coefficient (Wildman–Crippen LogP) is 2.60. The van der Waals surface area contributed by atoms with Crippen molar-refractivity contribution in [3.63, 3.8) is 0 Å². The van der Waals surface area contributed by atoms with E-state index in [-0.39, 0.29) is 30.7 Å². The van der Waals surface area contributed by atoms with Crippen LogP contribution in [0.15, 0.2) is 0 Å². The maximum Gasteiger partial charge on any atom is 0.408 e. The van der Waals surface area contributed by atoms with Gasteiger partial charge in [-0.3, -0.25) is 0 Å². The van der Waals surface area contributed by atoms with Gasteiger partial charge in [0.1, 0.15) is 5.82 Å². The number of aliphatic hydroxyl groups is 1. The Kier molecular flexibility index (Phi) is 9.52. The summed E-state index contributed by atoms with van der Waals surface area (Å²) in [5, 5.41) is 15.4. The summed E-state index contributed by atoms with van der Waals surface area (Å²) in [6, 6.07) is 0.0630. The molecule has 0 saturated heterocycles. The van der Waals surface area contributed by atoms with Crippen LogP contribution in [-0.2, 0) is 4.74 Å². The summed E-state index contributed by atoms with van der Waals surface area (Å²) in [7, 11) is 0. The number of nitrogens with zero attached hydrogens (tertiary/aromatic N) is 2. The molecular formula is C20H33N5O3. The Morgan fingerprint density at radius 1 is 1.32 bits per heavy atom. The van der Waals surface area contributed by atoms with Gasteiger partial charge >= 0.3 is 6.09 Å². The fraction of sp³-hybridized carbons (Fsp3) is 0.650. The van der Waals surface area contributed by atoms with Crippen LogP contribution in [0, 0.1) is 18.8 Å². The van der Waals surface area contributed by atoms with Crippen molar-refractivity contribution < 1.29 is 14.6 Å². The third kappa shape index (κ3) is 8.91. The van der Waals surface area contributed by atoms with Crippen LogP contribution >= 0.6 is 0 Å². The quantitative estimate of drug-likeness (QED) is 0.502. The van der Waals surface area contributed by atoms with Crippen molar-refractivity contribution in [2.45, 2.75) is 71.9 Å². The van der Waals surface area contributed by atoms with E-state index < -0.39 is 6.09 Å². The summed E-state index contributed by atoms with van der Waals surface area (Å²) in [6.07, 6.45) is 3.09. The maximum absolute atomic E-state index is 11.7. The van der Waals surface area contributed by atoms with E-state index in [1.54, 1.807) is 6.92 Å². The van der Waals surface area contributed by atoms with Gasteiger partial charge in [-0.2, -0.15) is 4.98 Å². The fourth-order valence-electron chi connectivity index (χ4n) is 2.51. The first-order valence-corrected chi connectivity index (χ1v) is 9.61. The molecule has 0 bridgehead atoms. The molecule has 0 aromatic carbocycles. The van der Waals surface area contributed by atoms with Crippen molar-refractivity contribution in [2.75, 3.05) is 24.3 Å². The van der Waals surface area contributed by atoms with Gasteiger partial charge in [0.15, 0.2) is 6.61 Å². The Labute approximate surface area is 167 Å². The van der Waals surface area contributed by atoms with Gasteiger partial charge in [0.25, 0.3) is 0 Å². The van der Waals surface area contributed by atoms with Crippen LogP contribution in [-0.4, -0.2) is 46.0 Å². The van der Waals surface area contributed by atoms with E-state index in [0.29, 0.717) is 23.5 Å². The molecule has 0 unspecified atom stereocenters. The predicted molar refractivity (Wildman–Crippen MR) is 111 cm³/mol. The molecule has 0 saturated carbocycles. The van der Waals surface area contributed by atoms with Crippen LogP contribution in [0.4, 0.5) is 16.6 Å². The zero-order valence-electron chi connectivity index (χ0n) is 17.6. The third-order valence-corrected chi connectivity index (χ3v) is 3.80. The van der Waals surface area contributed by atoms with Crippen molar-refractivity contribution in [1.82, 2.24) is 15.3 Å². The van der Waals surface area contributed by atoms with Gasteiger partial charge in [-0.1, -0.05) is 31.6 Å². The van der Waals surface area contributed by atoms with Crippen LogP contribution in [0.3, 0.4) is 0 Å². The van der Waals surface area contributed by atoms with Crippen LogP contribution < -0.4 is 16.4 Å². The summed E-state index contributed by atoms with van der Waals surface area (Å²) in [5.74, 6) is 6.48. The minimum atomic E-state index is -0.520.